The summed E-state index contributed by atoms with van der Waals surface area (Å²) in [6.45, 7) is 18.3. The largest absolute Gasteiger partial charge is 0.269 e. The molecule has 0 fully saturated rings. The van der Waals surface area contributed by atoms with Gasteiger partial charge in [0.1, 0.15) is 0 Å². The van der Waals surface area contributed by atoms with Gasteiger partial charge in [0, 0.05) is 5.70 Å². The summed E-state index contributed by atoms with van der Waals surface area (Å²) in [7, 11) is 0. The molecular formula is C14H23N. The molecule has 0 radical (unpaired) electrons. The molecule has 0 saturated heterocycles. The van der Waals surface area contributed by atoms with Gasteiger partial charge in [-0.25, -0.2) is 0 Å². The molecule has 0 heterocycles. The highest BCUT2D eigenvalue weighted by atomic mass is 14.7. The second kappa shape index (κ2) is 6.39. The van der Waals surface area contributed by atoms with Gasteiger partial charge in [0.15, 0.2) is 0 Å². The third-order valence-electron chi connectivity index (χ3n) is 2.46. The van der Waals surface area contributed by atoms with Crippen molar-refractivity contribution in [1.29, 1.82) is 0 Å². The van der Waals surface area contributed by atoms with Gasteiger partial charge >= 0.3 is 0 Å². The number of rotatable bonds is 5. The summed E-state index contributed by atoms with van der Waals surface area (Å²) in [5.74, 6) is 0.864. The average molecular weight is 205 g/mol. The van der Waals surface area contributed by atoms with E-state index in [1.54, 1.807) is 0 Å². The van der Waals surface area contributed by atoms with Crippen molar-refractivity contribution >= 4 is 6.72 Å². The van der Waals surface area contributed by atoms with E-state index in [4.69, 9.17) is 0 Å². The van der Waals surface area contributed by atoms with Gasteiger partial charge in [-0.15, -0.1) is 0 Å². The molecular weight excluding hydrogens is 182 g/mol. The van der Waals surface area contributed by atoms with Gasteiger partial charge < -0.3 is 0 Å². The van der Waals surface area contributed by atoms with Crippen LogP contribution in [0.25, 0.3) is 0 Å². The second-order valence-corrected chi connectivity index (χ2v) is 4.31. The third-order valence-corrected chi connectivity index (χ3v) is 2.46. The number of hydrogen-bond acceptors (Lipinski definition) is 1. The first-order chi connectivity index (χ1) is 6.93. The molecule has 0 saturated carbocycles. The summed E-state index contributed by atoms with van der Waals surface area (Å²) in [5.41, 5.74) is 3.34. The number of hydrogen-bond donors (Lipinski definition) is 0. The van der Waals surface area contributed by atoms with Crippen LogP contribution >= 0.6 is 0 Å². The van der Waals surface area contributed by atoms with Crippen molar-refractivity contribution < 1.29 is 0 Å². The molecule has 0 N–H and O–H groups in total. The van der Waals surface area contributed by atoms with Gasteiger partial charge in [-0.05, 0) is 42.7 Å². The van der Waals surface area contributed by atoms with Crippen molar-refractivity contribution in [3.8, 4) is 0 Å². The minimum absolute atomic E-state index is 0.400. The Kier molecular flexibility index (Phi) is 5.92. The molecule has 0 aromatic heterocycles. The first-order valence-corrected chi connectivity index (χ1v) is 5.47. The molecule has 1 heteroatoms. The van der Waals surface area contributed by atoms with E-state index in [-0.39, 0.29) is 0 Å². The highest BCUT2D eigenvalue weighted by molar-refractivity contribution is 5.42. The molecule has 0 aliphatic rings. The maximum absolute atomic E-state index is 4.10. The van der Waals surface area contributed by atoms with Gasteiger partial charge in [-0.3, -0.25) is 4.99 Å². The third kappa shape index (κ3) is 4.28. The lowest BCUT2D eigenvalue weighted by molar-refractivity contribution is 0.753. The zero-order chi connectivity index (χ0) is 12.0. The standard InChI is InChI=1S/C14H23N/c1-8-13(12(6)10(2)3)9-14(15-7)11(4)5/h8-11H,6-7H2,1-5H3/b13-8+,14-9+. The fourth-order valence-electron chi connectivity index (χ4n) is 1.25. The Balaban J connectivity index is 5.02. The first-order valence-electron chi connectivity index (χ1n) is 5.47. The minimum Gasteiger partial charge on any atom is -0.269 e. The second-order valence-electron chi connectivity index (χ2n) is 4.31. The lowest BCUT2D eigenvalue weighted by atomic mass is 9.94. The van der Waals surface area contributed by atoms with E-state index < -0.39 is 0 Å². The Bertz CT molecular complexity index is 290. The summed E-state index contributed by atoms with van der Waals surface area (Å²) in [4.78, 5) is 4.05. The van der Waals surface area contributed by atoms with Crippen LogP contribution in [0.3, 0.4) is 0 Å². The van der Waals surface area contributed by atoms with E-state index in [1.165, 1.54) is 5.57 Å². The molecule has 0 aromatic rings. The summed E-state index contributed by atoms with van der Waals surface area (Å²) in [5, 5.41) is 0. The molecule has 0 spiro atoms. The highest BCUT2D eigenvalue weighted by Crippen LogP contribution is 2.22. The van der Waals surface area contributed by atoms with Gasteiger partial charge in [0.2, 0.25) is 0 Å². The van der Waals surface area contributed by atoms with Crippen molar-refractivity contribution in [2.24, 2.45) is 16.8 Å². The van der Waals surface area contributed by atoms with E-state index in [2.05, 4.69) is 58.1 Å². The zero-order valence-electron chi connectivity index (χ0n) is 10.7. The Labute approximate surface area is 94.3 Å². The molecule has 0 aliphatic carbocycles. The van der Waals surface area contributed by atoms with Gasteiger partial charge in [-0.1, -0.05) is 40.3 Å². The SMILES string of the molecule is C=N/C(=C/C(=C\C)C(=C)C(C)C)C(C)C. The van der Waals surface area contributed by atoms with Crippen molar-refractivity contribution in [3.05, 3.63) is 35.6 Å². The van der Waals surface area contributed by atoms with Crippen molar-refractivity contribution in [3.63, 3.8) is 0 Å². The van der Waals surface area contributed by atoms with Crippen LogP contribution in [0.15, 0.2) is 40.6 Å². The lowest BCUT2D eigenvalue weighted by Gasteiger charge is -2.12. The molecule has 84 valence electrons. The van der Waals surface area contributed by atoms with E-state index >= 15 is 0 Å². The number of nitrogens with zero attached hydrogens (tertiary/aromatic N) is 1. The minimum atomic E-state index is 0.400. The van der Waals surface area contributed by atoms with Crippen molar-refractivity contribution in [2.45, 2.75) is 34.6 Å². The van der Waals surface area contributed by atoms with Gasteiger partial charge in [0.05, 0.1) is 0 Å². The fourth-order valence-corrected chi connectivity index (χ4v) is 1.25. The Morgan fingerprint density at radius 2 is 1.67 bits per heavy atom. The van der Waals surface area contributed by atoms with Crippen LogP contribution in [0, 0.1) is 11.8 Å². The number of allylic oxidation sites excluding steroid dienone is 5. The van der Waals surface area contributed by atoms with Crippen LogP contribution in [0.2, 0.25) is 0 Å². The van der Waals surface area contributed by atoms with Crippen molar-refractivity contribution in [1.82, 2.24) is 0 Å². The van der Waals surface area contributed by atoms with E-state index in [1.807, 2.05) is 6.92 Å². The van der Waals surface area contributed by atoms with Crippen molar-refractivity contribution in [2.75, 3.05) is 0 Å². The molecule has 15 heavy (non-hydrogen) atoms. The van der Waals surface area contributed by atoms with E-state index in [9.17, 15) is 0 Å². The molecule has 0 amide bonds. The molecule has 0 aliphatic heterocycles. The molecule has 0 aromatic carbocycles. The molecule has 0 atom stereocenters. The summed E-state index contributed by atoms with van der Waals surface area (Å²) in [6, 6.07) is 0. The predicted octanol–water partition coefficient (Wildman–Crippen LogP) is 4.39. The highest BCUT2D eigenvalue weighted by Gasteiger charge is 2.07. The summed E-state index contributed by atoms with van der Waals surface area (Å²) in [6.07, 6.45) is 4.16. The molecule has 0 rings (SSSR count). The summed E-state index contributed by atoms with van der Waals surface area (Å²) >= 11 is 0. The molecule has 1 nitrogen and oxygen atoms in total. The Morgan fingerprint density at radius 1 is 1.13 bits per heavy atom. The maximum atomic E-state index is 4.10. The van der Waals surface area contributed by atoms with Gasteiger partial charge in [0.25, 0.3) is 0 Å². The smallest absolute Gasteiger partial charge is 0.0427 e. The summed E-state index contributed by atoms with van der Waals surface area (Å²) < 4.78 is 0. The topological polar surface area (TPSA) is 12.4 Å². The lowest BCUT2D eigenvalue weighted by Crippen LogP contribution is -1.97. The molecule has 0 bridgehead atoms. The fraction of sp³-hybridized carbons (Fsp3) is 0.500. The van der Waals surface area contributed by atoms with Crippen LogP contribution < -0.4 is 0 Å². The maximum Gasteiger partial charge on any atom is 0.0427 e. The van der Waals surface area contributed by atoms with E-state index in [0.29, 0.717) is 11.8 Å². The number of aliphatic imine (C=N–C) groups is 1. The average Bonchev–Trinajstić information content (AvgIpc) is 2.18. The monoisotopic (exact) mass is 205 g/mol. The van der Waals surface area contributed by atoms with Crippen LogP contribution in [0.4, 0.5) is 0 Å². The van der Waals surface area contributed by atoms with Crippen LogP contribution in [-0.4, -0.2) is 6.72 Å². The Hall–Kier alpha value is -1.11. The Morgan fingerprint density at radius 3 is 1.93 bits per heavy atom. The quantitative estimate of drug-likeness (QED) is 0.466. The first kappa shape index (κ1) is 13.9. The van der Waals surface area contributed by atoms with Gasteiger partial charge in [-0.2, -0.15) is 0 Å². The van der Waals surface area contributed by atoms with Crippen LogP contribution in [0.1, 0.15) is 34.6 Å². The molecule has 0 unspecified atom stereocenters. The normalized spacial score (nSPS) is 13.5. The van der Waals surface area contributed by atoms with E-state index in [0.717, 1.165) is 11.3 Å². The van der Waals surface area contributed by atoms with Crippen LogP contribution in [-0.2, 0) is 0 Å². The zero-order valence-corrected chi connectivity index (χ0v) is 10.7. The van der Waals surface area contributed by atoms with Crippen LogP contribution in [0.5, 0.6) is 0 Å². The predicted molar refractivity (Wildman–Crippen MR) is 70.2 cm³/mol.